The Labute approximate surface area is 257 Å². The molecule has 1 saturated carbocycles. The van der Waals surface area contributed by atoms with Crippen LogP contribution in [0.15, 0.2) is 48.6 Å². The van der Waals surface area contributed by atoms with Gasteiger partial charge in [0.05, 0.1) is 20.3 Å². The van der Waals surface area contributed by atoms with E-state index >= 15 is 0 Å². The highest BCUT2D eigenvalue weighted by Crippen LogP contribution is 2.31. The first kappa shape index (κ1) is 32.3. The van der Waals surface area contributed by atoms with Gasteiger partial charge in [0.2, 0.25) is 5.91 Å². The van der Waals surface area contributed by atoms with E-state index in [1.54, 1.807) is 20.3 Å². The zero-order valence-electron chi connectivity index (χ0n) is 25.4. The van der Waals surface area contributed by atoms with E-state index in [1.807, 2.05) is 37.3 Å². The largest absolute Gasteiger partial charge is 0.493 e. The van der Waals surface area contributed by atoms with Crippen molar-refractivity contribution in [1.29, 1.82) is 0 Å². The van der Waals surface area contributed by atoms with E-state index in [-0.39, 0.29) is 24.8 Å². The summed E-state index contributed by atoms with van der Waals surface area (Å²) in [4.78, 5) is 53.2. The minimum absolute atomic E-state index is 0.00632. The lowest BCUT2D eigenvalue weighted by molar-refractivity contribution is -0.131. The van der Waals surface area contributed by atoms with Crippen molar-refractivity contribution in [2.24, 2.45) is 5.92 Å². The Kier molecular flexibility index (Phi) is 11.2. The molecule has 4 rings (SSSR count). The maximum atomic E-state index is 13.7. The number of amides is 3. The Hall–Kier alpha value is -4.58. The van der Waals surface area contributed by atoms with Crippen LogP contribution in [0.3, 0.4) is 0 Å². The first-order chi connectivity index (χ1) is 21.2. The minimum Gasteiger partial charge on any atom is -0.493 e. The average molecular weight is 608 g/mol. The molecule has 1 aliphatic carbocycles. The van der Waals surface area contributed by atoms with Crippen molar-refractivity contribution >= 4 is 29.4 Å². The lowest BCUT2D eigenvalue weighted by atomic mass is 9.99. The summed E-state index contributed by atoms with van der Waals surface area (Å²) in [5, 5.41) is 11.7. The molecule has 2 aromatic rings. The van der Waals surface area contributed by atoms with Crippen molar-refractivity contribution in [3.8, 4) is 11.5 Å². The molecule has 1 heterocycles. The van der Waals surface area contributed by atoms with Crippen LogP contribution < -0.4 is 30.5 Å². The number of rotatable bonds is 13. The number of hydrogen-bond acceptors (Lipinski definition) is 8. The second-order valence-corrected chi connectivity index (χ2v) is 11.1. The van der Waals surface area contributed by atoms with Crippen molar-refractivity contribution in [2.45, 2.75) is 38.6 Å². The number of aryl methyl sites for hydroxylation is 1. The molecule has 2 fully saturated rings. The van der Waals surface area contributed by atoms with Crippen LogP contribution in [0.1, 0.15) is 53.7 Å². The van der Waals surface area contributed by atoms with Gasteiger partial charge in [0, 0.05) is 62.5 Å². The maximum absolute atomic E-state index is 13.7. The molecule has 12 heteroatoms. The van der Waals surface area contributed by atoms with Gasteiger partial charge in [0.1, 0.15) is 0 Å². The minimum atomic E-state index is -1.28. The van der Waals surface area contributed by atoms with Gasteiger partial charge in [-0.25, -0.2) is 4.79 Å². The highest BCUT2D eigenvalue weighted by Gasteiger charge is 2.27. The van der Waals surface area contributed by atoms with Gasteiger partial charge in [0.25, 0.3) is 11.8 Å². The monoisotopic (exact) mass is 607 g/mol. The number of aliphatic carboxylic acids is 1. The molecule has 12 nitrogen and oxygen atoms in total. The van der Waals surface area contributed by atoms with Crippen molar-refractivity contribution < 1.29 is 33.8 Å². The van der Waals surface area contributed by atoms with Crippen LogP contribution in [0, 0.1) is 5.92 Å². The van der Waals surface area contributed by atoms with Crippen LogP contribution >= 0.6 is 0 Å². The highest BCUT2D eigenvalue weighted by molar-refractivity contribution is 5.97. The van der Waals surface area contributed by atoms with Gasteiger partial charge in [-0.05, 0) is 67.5 Å². The van der Waals surface area contributed by atoms with Crippen LogP contribution in [-0.2, 0) is 20.8 Å². The number of piperazine rings is 1. The first-order valence-electron chi connectivity index (χ1n) is 14.8. The third kappa shape index (κ3) is 9.21. The lowest BCUT2D eigenvalue weighted by Crippen LogP contribution is -2.47. The summed E-state index contributed by atoms with van der Waals surface area (Å²) in [6.07, 6.45) is 4.37. The van der Waals surface area contributed by atoms with Crippen LogP contribution in [0.25, 0.3) is 0 Å². The molecule has 2 aliphatic rings. The van der Waals surface area contributed by atoms with Crippen LogP contribution in [0.2, 0.25) is 0 Å². The van der Waals surface area contributed by atoms with E-state index in [0.717, 1.165) is 56.0 Å². The van der Waals surface area contributed by atoms with E-state index in [9.17, 15) is 19.2 Å². The number of hydrazine groups is 1. The van der Waals surface area contributed by atoms with Gasteiger partial charge in [-0.1, -0.05) is 12.1 Å². The Morgan fingerprint density at radius 1 is 0.955 bits per heavy atom. The van der Waals surface area contributed by atoms with Gasteiger partial charge < -0.3 is 24.8 Å². The average Bonchev–Trinajstić information content (AvgIpc) is 3.85. The molecule has 44 heavy (non-hydrogen) atoms. The molecule has 1 aliphatic heterocycles. The molecule has 1 atom stereocenters. The van der Waals surface area contributed by atoms with Gasteiger partial charge in [-0.2, -0.15) is 0 Å². The summed E-state index contributed by atoms with van der Waals surface area (Å²) in [7, 11) is 3.12. The zero-order valence-corrected chi connectivity index (χ0v) is 25.4. The number of benzene rings is 2. The summed E-state index contributed by atoms with van der Waals surface area (Å²) in [6.45, 7) is 6.73. The molecule has 0 spiro atoms. The van der Waals surface area contributed by atoms with Gasteiger partial charge in [0.15, 0.2) is 11.5 Å². The SMILES string of the molecule is COc1ccc([C@@H](C)NC(=O)c2cc(N3CCN(CC4CC4)CC3)ccc2CCC(=O)NNC(=O)/C=C/C(=O)O)cc1OC. The molecule has 3 amide bonds. The summed E-state index contributed by atoms with van der Waals surface area (Å²) in [5.41, 5.74) is 7.36. The van der Waals surface area contributed by atoms with E-state index in [4.69, 9.17) is 14.6 Å². The third-order valence-electron chi connectivity index (χ3n) is 7.87. The van der Waals surface area contributed by atoms with Crippen LogP contribution in [0.5, 0.6) is 11.5 Å². The third-order valence-corrected chi connectivity index (χ3v) is 7.87. The lowest BCUT2D eigenvalue weighted by Gasteiger charge is -2.36. The zero-order chi connectivity index (χ0) is 31.6. The Morgan fingerprint density at radius 2 is 1.68 bits per heavy atom. The molecule has 0 unspecified atom stereocenters. The molecular weight excluding hydrogens is 566 g/mol. The fraction of sp³-hybridized carbons (Fsp3) is 0.438. The number of hydrogen-bond donors (Lipinski definition) is 4. The molecule has 4 N–H and O–H groups in total. The number of ether oxygens (including phenoxy) is 2. The second-order valence-electron chi connectivity index (χ2n) is 11.1. The van der Waals surface area contributed by atoms with Gasteiger partial charge in [-0.15, -0.1) is 0 Å². The second kappa shape index (κ2) is 15.2. The topological polar surface area (TPSA) is 150 Å². The van der Waals surface area contributed by atoms with Gasteiger partial charge in [-0.3, -0.25) is 30.1 Å². The van der Waals surface area contributed by atoms with E-state index in [2.05, 4.69) is 26.0 Å². The van der Waals surface area contributed by atoms with Crippen molar-refractivity contribution in [1.82, 2.24) is 21.1 Å². The fourth-order valence-corrected chi connectivity index (χ4v) is 5.16. The predicted molar refractivity (Wildman–Crippen MR) is 165 cm³/mol. The van der Waals surface area contributed by atoms with Gasteiger partial charge >= 0.3 is 5.97 Å². The number of carboxylic acid groups (broad SMARTS) is 1. The van der Waals surface area contributed by atoms with Crippen LogP contribution in [0.4, 0.5) is 5.69 Å². The first-order valence-corrected chi connectivity index (χ1v) is 14.8. The number of nitrogens with one attached hydrogen (secondary N) is 3. The summed E-state index contributed by atoms with van der Waals surface area (Å²) >= 11 is 0. The van der Waals surface area contributed by atoms with Crippen molar-refractivity contribution in [2.75, 3.05) is 51.8 Å². The van der Waals surface area contributed by atoms with Crippen molar-refractivity contribution in [3.05, 3.63) is 65.2 Å². The standard InChI is InChI=1S/C32H41N5O7/c1-21(24-7-10-27(43-2)28(18-24)44-3)33-32(42)26-19-25(37-16-14-36(15-17-37)20-22-4-5-22)9-6-23(26)8-11-29(38)34-35-30(39)12-13-31(40)41/h6-7,9-10,12-13,18-19,21-22H,4-5,8,11,14-17,20H2,1-3H3,(H,33,42)(H,34,38)(H,35,39)(H,40,41)/b13-12+/t21-/m1/s1. The normalized spacial score (nSPS) is 15.8. The number of carbonyl (C=O) groups is 4. The molecule has 0 aromatic heterocycles. The maximum Gasteiger partial charge on any atom is 0.328 e. The number of carboxylic acids is 1. The number of methoxy groups -OCH3 is 2. The quantitative estimate of drug-likeness (QED) is 0.199. The number of carbonyl (C=O) groups excluding carboxylic acids is 3. The predicted octanol–water partition coefficient (Wildman–Crippen LogP) is 2.45. The number of nitrogens with zero attached hydrogens (tertiary/aromatic N) is 2. The molecule has 0 bridgehead atoms. The Balaban J connectivity index is 1.46. The van der Waals surface area contributed by atoms with E-state index in [1.165, 1.54) is 12.8 Å². The summed E-state index contributed by atoms with van der Waals surface area (Å²) in [5.74, 6) is -0.809. The Morgan fingerprint density at radius 3 is 2.34 bits per heavy atom. The number of anilines is 1. The van der Waals surface area contributed by atoms with Crippen LogP contribution in [-0.4, -0.2) is 80.6 Å². The summed E-state index contributed by atoms with van der Waals surface area (Å²) < 4.78 is 10.8. The summed E-state index contributed by atoms with van der Waals surface area (Å²) in [6, 6.07) is 10.9. The van der Waals surface area contributed by atoms with E-state index < -0.39 is 17.8 Å². The van der Waals surface area contributed by atoms with E-state index in [0.29, 0.717) is 28.7 Å². The molecular formula is C32H41N5O7. The molecule has 0 radical (unpaired) electrons. The molecule has 236 valence electrons. The fourth-order valence-electron chi connectivity index (χ4n) is 5.16. The van der Waals surface area contributed by atoms with Crippen molar-refractivity contribution in [3.63, 3.8) is 0 Å². The molecule has 2 aromatic carbocycles. The highest BCUT2D eigenvalue weighted by atomic mass is 16.5. The Bertz CT molecular complexity index is 1380. The molecule has 1 saturated heterocycles. The smallest absolute Gasteiger partial charge is 0.328 e.